The summed E-state index contributed by atoms with van der Waals surface area (Å²) in [5, 5.41) is 4.05. The van der Waals surface area contributed by atoms with Gasteiger partial charge < -0.3 is 33.9 Å². The normalized spacial score (nSPS) is 18.9. The predicted molar refractivity (Wildman–Crippen MR) is 165 cm³/mol. The number of amides is 1. The fourth-order valence-electron chi connectivity index (χ4n) is 6.31. The number of piperazine rings is 1. The highest BCUT2D eigenvalue weighted by molar-refractivity contribution is 5.91. The summed E-state index contributed by atoms with van der Waals surface area (Å²) < 4.78 is 18.8. The second-order valence-corrected chi connectivity index (χ2v) is 12.2. The summed E-state index contributed by atoms with van der Waals surface area (Å²) in [7, 11) is 7.33. The number of esters is 2. The maximum Gasteiger partial charge on any atom is 0.415 e. The van der Waals surface area contributed by atoms with Crippen molar-refractivity contribution in [1.29, 1.82) is 0 Å². The van der Waals surface area contributed by atoms with Gasteiger partial charge in [0.05, 0.1) is 35.6 Å². The Morgan fingerprint density at radius 2 is 1.84 bits per heavy atom. The Balaban J connectivity index is 1.44. The highest BCUT2D eigenvalue weighted by Crippen LogP contribution is 2.41. The minimum Gasteiger partial charge on any atom is -0.457 e. The Labute approximate surface area is 260 Å². The molecule has 6 rings (SSSR count). The molecule has 0 bridgehead atoms. The summed E-state index contributed by atoms with van der Waals surface area (Å²) in [4.78, 5) is 63.2. The molecule has 3 aliphatic rings. The Kier molecular flexibility index (Phi) is 8.10. The molecule has 0 radical (unpaired) electrons. The molecule has 1 aromatic carbocycles. The average molecular weight is 619 g/mol. The van der Waals surface area contributed by atoms with E-state index in [1.807, 2.05) is 31.1 Å². The zero-order valence-electron chi connectivity index (χ0n) is 26.3. The first-order valence-electron chi connectivity index (χ1n) is 15.1. The molecule has 1 fully saturated rings. The second-order valence-electron chi connectivity index (χ2n) is 12.2. The van der Waals surface area contributed by atoms with E-state index in [0.717, 1.165) is 29.6 Å². The molecule has 1 N–H and O–H groups in total. The van der Waals surface area contributed by atoms with Crippen LogP contribution in [0, 0.1) is 0 Å². The Bertz CT molecular complexity index is 1760. The van der Waals surface area contributed by atoms with Crippen LogP contribution < -0.4 is 15.6 Å². The summed E-state index contributed by atoms with van der Waals surface area (Å²) in [5.74, 6) is -0.832. The molecule has 1 atom stereocenters. The van der Waals surface area contributed by atoms with Crippen LogP contribution in [-0.4, -0.2) is 103 Å². The number of rotatable bonds is 7. The van der Waals surface area contributed by atoms with Crippen molar-refractivity contribution < 1.29 is 28.6 Å². The van der Waals surface area contributed by atoms with E-state index >= 15 is 0 Å². The van der Waals surface area contributed by atoms with Crippen LogP contribution in [0.2, 0.25) is 0 Å². The van der Waals surface area contributed by atoms with Gasteiger partial charge in [-0.05, 0) is 58.9 Å². The van der Waals surface area contributed by atoms with Gasteiger partial charge in [0.2, 0.25) is 5.60 Å². The van der Waals surface area contributed by atoms with Gasteiger partial charge in [-0.3, -0.25) is 14.5 Å². The molecule has 1 saturated heterocycles. The maximum absolute atomic E-state index is 13.9. The molecule has 0 unspecified atom stereocenters. The molecule has 3 aliphatic heterocycles. The summed E-state index contributed by atoms with van der Waals surface area (Å²) in [6.45, 7) is 4.83. The lowest BCUT2D eigenvalue weighted by atomic mass is 9.85. The van der Waals surface area contributed by atoms with Crippen molar-refractivity contribution >= 4 is 28.9 Å². The van der Waals surface area contributed by atoms with Crippen LogP contribution in [-0.2, 0) is 44.4 Å². The third-order valence-electron chi connectivity index (χ3n) is 8.51. The molecule has 13 heteroatoms. The van der Waals surface area contributed by atoms with Crippen molar-refractivity contribution in [2.24, 2.45) is 0 Å². The predicted octanol–water partition coefficient (Wildman–Crippen LogP) is 1.66. The van der Waals surface area contributed by atoms with Crippen molar-refractivity contribution in [3.63, 3.8) is 0 Å². The van der Waals surface area contributed by atoms with Crippen molar-refractivity contribution in [1.82, 2.24) is 29.6 Å². The second kappa shape index (κ2) is 11.9. The minimum atomic E-state index is -1.74. The SMILES string of the molecule is CC[C@@]1(OC(=O)CN(C)C)C(=O)OCc2c1cc1n(c2=O)Cc2cc3c(CN(C)C)c(OC(=O)N4CCNCC4)ccc3nc2-1. The number of nitrogens with zero attached hydrogens (tertiary/aromatic N) is 5. The highest BCUT2D eigenvalue weighted by Gasteiger charge is 2.50. The van der Waals surface area contributed by atoms with Crippen molar-refractivity contribution in [2.75, 3.05) is 60.9 Å². The number of likely N-dealkylation sites (N-methyl/N-ethyl adjacent to an activating group) is 1. The number of hydrogen-bond acceptors (Lipinski definition) is 11. The van der Waals surface area contributed by atoms with Gasteiger partial charge in [0.1, 0.15) is 12.4 Å². The topological polar surface area (TPSA) is 136 Å². The quantitative estimate of drug-likeness (QED) is 0.303. The van der Waals surface area contributed by atoms with Crippen LogP contribution in [0.1, 0.15) is 35.6 Å². The molecule has 238 valence electrons. The molecule has 2 aromatic heterocycles. The molecule has 13 nitrogen and oxygen atoms in total. The third kappa shape index (κ3) is 5.45. The van der Waals surface area contributed by atoms with E-state index in [0.29, 0.717) is 47.9 Å². The Morgan fingerprint density at radius 1 is 1.09 bits per heavy atom. The lowest BCUT2D eigenvalue weighted by Crippen LogP contribution is -2.48. The van der Waals surface area contributed by atoms with Gasteiger partial charge in [0, 0.05) is 54.8 Å². The molecule has 3 aromatic rings. The fraction of sp³-hybridized carbons (Fsp3) is 0.469. The first-order valence-corrected chi connectivity index (χ1v) is 15.1. The standard InChI is InChI=1S/C32H38N6O7/c1-6-32(45-27(39)17-36(4)5)23-14-25-28-19(15-38(25)29(40)22(23)18-43-30(32)41)13-20-21(16-35(2)3)26(8-7-24(20)34-28)44-31(42)37-11-9-33-10-12-37/h7-8,13-14,33H,6,9-12,15-18H2,1-5H3/t32-/m0/s1. The summed E-state index contributed by atoms with van der Waals surface area (Å²) in [6.07, 6.45) is -0.292. The van der Waals surface area contributed by atoms with Crippen LogP contribution in [0.3, 0.4) is 0 Å². The van der Waals surface area contributed by atoms with Gasteiger partial charge in [0.25, 0.3) is 5.56 Å². The number of ether oxygens (including phenoxy) is 3. The summed E-state index contributed by atoms with van der Waals surface area (Å²) in [6, 6.07) is 7.32. The number of pyridine rings is 2. The Hall–Kier alpha value is -4.33. The van der Waals surface area contributed by atoms with Crippen LogP contribution >= 0.6 is 0 Å². The van der Waals surface area contributed by atoms with Gasteiger partial charge in [-0.25, -0.2) is 14.6 Å². The van der Waals surface area contributed by atoms with E-state index in [4.69, 9.17) is 19.2 Å². The van der Waals surface area contributed by atoms with E-state index in [1.54, 1.807) is 47.5 Å². The number of benzene rings is 1. The van der Waals surface area contributed by atoms with Gasteiger partial charge >= 0.3 is 18.0 Å². The number of nitrogens with one attached hydrogen (secondary N) is 1. The summed E-state index contributed by atoms with van der Waals surface area (Å²) in [5.41, 5.74) is 2.00. The first kappa shape index (κ1) is 30.7. The van der Waals surface area contributed by atoms with Gasteiger partial charge in [-0.15, -0.1) is 0 Å². The number of carbonyl (C=O) groups excluding carboxylic acids is 3. The van der Waals surface area contributed by atoms with Crippen molar-refractivity contribution in [3.8, 4) is 17.1 Å². The monoisotopic (exact) mass is 618 g/mol. The van der Waals surface area contributed by atoms with Crippen LogP contribution in [0.15, 0.2) is 29.1 Å². The van der Waals surface area contributed by atoms with Crippen LogP contribution in [0.5, 0.6) is 5.75 Å². The van der Waals surface area contributed by atoms with Crippen LogP contribution in [0.25, 0.3) is 22.3 Å². The van der Waals surface area contributed by atoms with E-state index < -0.39 is 23.6 Å². The highest BCUT2D eigenvalue weighted by atomic mass is 16.6. The van der Waals surface area contributed by atoms with E-state index in [-0.39, 0.29) is 37.2 Å². The average Bonchev–Trinajstić information content (AvgIpc) is 3.36. The van der Waals surface area contributed by atoms with Crippen molar-refractivity contribution in [3.05, 3.63) is 56.9 Å². The smallest absolute Gasteiger partial charge is 0.415 e. The lowest BCUT2D eigenvalue weighted by molar-refractivity contribution is -0.189. The zero-order chi connectivity index (χ0) is 32.0. The number of hydrogen-bond donors (Lipinski definition) is 1. The molecule has 1 amide bonds. The summed E-state index contributed by atoms with van der Waals surface area (Å²) >= 11 is 0. The zero-order valence-corrected chi connectivity index (χ0v) is 26.3. The minimum absolute atomic E-state index is 0.0352. The largest absolute Gasteiger partial charge is 0.457 e. The maximum atomic E-state index is 13.9. The van der Waals surface area contributed by atoms with Crippen LogP contribution in [0.4, 0.5) is 4.79 Å². The molecule has 5 heterocycles. The van der Waals surface area contributed by atoms with E-state index in [9.17, 15) is 19.2 Å². The lowest BCUT2D eigenvalue weighted by Gasteiger charge is -2.35. The number of aromatic nitrogens is 2. The van der Waals surface area contributed by atoms with E-state index in [1.165, 1.54) is 0 Å². The number of carbonyl (C=O) groups is 3. The first-order chi connectivity index (χ1) is 21.5. The fourth-order valence-corrected chi connectivity index (χ4v) is 6.31. The van der Waals surface area contributed by atoms with Crippen molar-refractivity contribution in [2.45, 2.75) is 38.6 Å². The van der Waals surface area contributed by atoms with Gasteiger partial charge in [-0.2, -0.15) is 0 Å². The molecule has 0 aliphatic carbocycles. The molecule has 0 spiro atoms. The number of fused-ring (bicyclic) bond motifs is 5. The molecular weight excluding hydrogens is 580 g/mol. The molecule has 45 heavy (non-hydrogen) atoms. The number of cyclic esters (lactones) is 1. The van der Waals surface area contributed by atoms with E-state index in [2.05, 4.69) is 5.32 Å². The van der Waals surface area contributed by atoms with Gasteiger partial charge in [-0.1, -0.05) is 6.92 Å². The Morgan fingerprint density at radius 3 is 2.53 bits per heavy atom. The molecule has 0 saturated carbocycles. The molecular formula is C32H38N6O7. The third-order valence-corrected chi connectivity index (χ3v) is 8.51. The van der Waals surface area contributed by atoms with Gasteiger partial charge in [0.15, 0.2) is 0 Å².